The summed E-state index contributed by atoms with van der Waals surface area (Å²) in [6, 6.07) is 15.5. The Bertz CT molecular complexity index is 1610. The van der Waals surface area contributed by atoms with E-state index in [-0.39, 0.29) is 39.1 Å². The van der Waals surface area contributed by atoms with Gasteiger partial charge in [0.05, 0.1) is 12.8 Å². The molecule has 0 bridgehead atoms. The largest absolute Gasteiger partial charge is 0.461 e. The first-order chi connectivity index (χ1) is 26.6. The molecule has 16 nitrogen and oxygen atoms in total. The van der Waals surface area contributed by atoms with E-state index in [4.69, 9.17) is 18.9 Å². The van der Waals surface area contributed by atoms with Crippen LogP contribution in [0, 0.1) is 0 Å². The molecule has 0 unspecified atom stereocenters. The molecule has 0 aromatic heterocycles. The van der Waals surface area contributed by atoms with Crippen LogP contribution in [0.25, 0.3) is 0 Å². The topological polar surface area (TPSA) is 217 Å². The molecular weight excluding hydrogens is 738 g/mol. The molecule has 16 heteroatoms. The van der Waals surface area contributed by atoms with E-state index in [9.17, 15) is 33.6 Å². The van der Waals surface area contributed by atoms with Gasteiger partial charge in [0.1, 0.15) is 42.0 Å². The van der Waals surface area contributed by atoms with Crippen molar-refractivity contribution >= 4 is 41.8 Å². The normalized spacial score (nSPS) is 12.5. The van der Waals surface area contributed by atoms with Gasteiger partial charge in [0, 0.05) is 13.1 Å². The molecule has 0 fully saturated rings. The number of ether oxygens (including phenoxy) is 4. The van der Waals surface area contributed by atoms with Gasteiger partial charge in [0.15, 0.2) is 0 Å². The zero-order valence-electron chi connectivity index (χ0n) is 34.3. The number of alkyl carbamates (subject to hydrolysis) is 2. The van der Waals surface area contributed by atoms with Crippen molar-refractivity contribution in [2.45, 2.75) is 130 Å². The molecule has 0 radical (unpaired) electrons. The number of carbonyl (C=O) groups is 7. The molecule has 5 N–H and O–H groups in total. The SMILES string of the molecule is CC(C)(C)OC(=O)C[C@H](NC(=O)OC(C)(C)C)C(=O)N[C@H](CCCCNC(=O)OCc1ccccc1)C(=O)NC(C)(C)C(=O)NCCC(=O)OCc1ccccc1. The molecule has 0 aliphatic rings. The zero-order valence-corrected chi connectivity index (χ0v) is 34.3. The zero-order chi connectivity index (χ0) is 42.6. The first-order valence-electron chi connectivity index (χ1n) is 18.9. The van der Waals surface area contributed by atoms with Crippen LogP contribution < -0.4 is 26.6 Å². The van der Waals surface area contributed by atoms with Gasteiger partial charge in [-0.3, -0.25) is 24.0 Å². The summed E-state index contributed by atoms with van der Waals surface area (Å²) in [4.78, 5) is 90.6. The van der Waals surface area contributed by atoms with Gasteiger partial charge < -0.3 is 45.5 Å². The van der Waals surface area contributed by atoms with Gasteiger partial charge in [-0.1, -0.05) is 60.7 Å². The lowest BCUT2D eigenvalue weighted by atomic mass is 10.0. The summed E-state index contributed by atoms with van der Waals surface area (Å²) in [5.41, 5.74) is -1.68. The lowest BCUT2D eigenvalue weighted by Gasteiger charge is -2.29. The standard InChI is InChI=1S/C41H59N5O11/c1-39(2,3)56-33(48)25-31(45-38(53)57-40(4,5)6)34(49)44-30(21-15-16-23-43-37(52)55-27-29-19-13-10-14-20-29)35(50)46-41(7,8)36(51)42-24-22-32(47)54-26-28-17-11-9-12-18-28/h9-14,17-20,30-31H,15-16,21-27H2,1-8H3,(H,42,51)(H,43,52)(H,44,49)(H,45,53)(H,46,50)/t30-,31+/m1/s1. The lowest BCUT2D eigenvalue weighted by molar-refractivity contribution is -0.156. The summed E-state index contributed by atoms with van der Waals surface area (Å²) in [6.07, 6.45) is -1.57. The average molecular weight is 798 g/mol. The molecule has 2 aromatic carbocycles. The molecule has 0 saturated heterocycles. The highest BCUT2D eigenvalue weighted by atomic mass is 16.6. The van der Waals surface area contributed by atoms with Gasteiger partial charge in [-0.2, -0.15) is 0 Å². The molecule has 5 amide bonds. The maximum Gasteiger partial charge on any atom is 0.408 e. The fourth-order valence-corrected chi connectivity index (χ4v) is 4.95. The molecule has 0 heterocycles. The number of unbranched alkanes of at least 4 members (excludes halogenated alkanes) is 1. The van der Waals surface area contributed by atoms with Crippen LogP contribution in [0.15, 0.2) is 60.7 Å². The Balaban J connectivity index is 2.11. The quantitative estimate of drug-likeness (QED) is 0.0722. The molecule has 2 atom stereocenters. The van der Waals surface area contributed by atoms with Gasteiger partial charge in [0.2, 0.25) is 17.7 Å². The Morgan fingerprint density at radius 3 is 1.70 bits per heavy atom. The Morgan fingerprint density at radius 1 is 0.579 bits per heavy atom. The number of esters is 2. The molecule has 0 saturated carbocycles. The summed E-state index contributed by atoms with van der Waals surface area (Å²) in [6.45, 7) is 13.0. The van der Waals surface area contributed by atoms with Gasteiger partial charge in [0.25, 0.3) is 0 Å². The summed E-state index contributed by atoms with van der Waals surface area (Å²) >= 11 is 0. The summed E-state index contributed by atoms with van der Waals surface area (Å²) in [7, 11) is 0. The summed E-state index contributed by atoms with van der Waals surface area (Å²) in [5.74, 6) is -3.54. The average Bonchev–Trinajstić information content (AvgIpc) is 3.11. The van der Waals surface area contributed by atoms with Gasteiger partial charge in [-0.15, -0.1) is 0 Å². The summed E-state index contributed by atoms with van der Waals surface area (Å²) in [5, 5.41) is 12.9. The van der Waals surface area contributed by atoms with Crippen LogP contribution in [0.4, 0.5) is 9.59 Å². The second kappa shape index (κ2) is 22.8. The van der Waals surface area contributed by atoms with Crippen molar-refractivity contribution in [3.05, 3.63) is 71.8 Å². The molecule has 314 valence electrons. The van der Waals surface area contributed by atoms with Crippen LogP contribution in [0.1, 0.15) is 98.6 Å². The van der Waals surface area contributed by atoms with E-state index in [0.717, 1.165) is 11.1 Å². The number of carbonyl (C=O) groups excluding carboxylic acids is 7. The third-order valence-corrected chi connectivity index (χ3v) is 7.69. The maximum absolute atomic E-state index is 13.8. The third kappa shape index (κ3) is 20.7. The van der Waals surface area contributed by atoms with Crippen molar-refractivity contribution in [1.29, 1.82) is 0 Å². The van der Waals surface area contributed by atoms with Gasteiger partial charge in [-0.25, -0.2) is 9.59 Å². The number of hydrogen-bond acceptors (Lipinski definition) is 11. The molecule has 0 aliphatic heterocycles. The predicted octanol–water partition coefficient (Wildman–Crippen LogP) is 4.34. The van der Waals surface area contributed by atoms with Crippen molar-refractivity contribution in [3.8, 4) is 0 Å². The molecular formula is C41H59N5O11. The smallest absolute Gasteiger partial charge is 0.408 e. The fraction of sp³-hybridized carbons (Fsp3) is 0.537. The number of rotatable bonds is 20. The number of nitrogens with one attached hydrogen (secondary N) is 5. The van der Waals surface area contributed by atoms with Crippen LogP contribution in [0.2, 0.25) is 0 Å². The van der Waals surface area contributed by atoms with E-state index in [0.29, 0.717) is 12.8 Å². The number of benzene rings is 2. The van der Waals surface area contributed by atoms with E-state index >= 15 is 0 Å². The van der Waals surface area contributed by atoms with E-state index < -0.39 is 77.1 Å². The van der Waals surface area contributed by atoms with E-state index in [1.807, 2.05) is 60.7 Å². The van der Waals surface area contributed by atoms with Crippen LogP contribution in [-0.4, -0.2) is 83.8 Å². The van der Waals surface area contributed by atoms with Crippen molar-refractivity contribution in [3.63, 3.8) is 0 Å². The predicted molar refractivity (Wildman–Crippen MR) is 210 cm³/mol. The van der Waals surface area contributed by atoms with E-state index in [1.165, 1.54) is 13.8 Å². The number of amides is 5. The highest BCUT2D eigenvalue weighted by Crippen LogP contribution is 2.13. The molecule has 0 aliphatic carbocycles. The maximum atomic E-state index is 13.8. The lowest BCUT2D eigenvalue weighted by Crippen LogP contribution is -2.60. The molecule has 57 heavy (non-hydrogen) atoms. The second-order valence-corrected chi connectivity index (χ2v) is 15.8. The van der Waals surface area contributed by atoms with Crippen molar-refractivity contribution < 1.29 is 52.5 Å². The van der Waals surface area contributed by atoms with Crippen LogP contribution in [0.5, 0.6) is 0 Å². The number of hydrogen-bond donors (Lipinski definition) is 5. The molecule has 2 rings (SSSR count). The fourth-order valence-electron chi connectivity index (χ4n) is 4.95. The highest BCUT2D eigenvalue weighted by Gasteiger charge is 2.35. The minimum absolute atomic E-state index is 0.0366. The van der Waals surface area contributed by atoms with Crippen molar-refractivity contribution in [2.24, 2.45) is 0 Å². The minimum Gasteiger partial charge on any atom is -0.461 e. The highest BCUT2D eigenvalue weighted by molar-refractivity contribution is 5.96. The van der Waals surface area contributed by atoms with Crippen LogP contribution >= 0.6 is 0 Å². The Morgan fingerprint density at radius 2 is 1.14 bits per heavy atom. The third-order valence-electron chi connectivity index (χ3n) is 7.69. The Hall–Kier alpha value is -5.67. The van der Waals surface area contributed by atoms with Gasteiger partial charge >= 0.3 is 24.1 Å². The first kappa shape index (κ1) is 47.5. The first-order valence-corrected chi connectivity index (χ1v) is 18.9. The summed E-state index contributed by atoms with van der Waals surface area (Å²) < 4.78 is 21.1. The monoisotopic (exact) mass is 797 g/mol. The van der Waals surface area contributed by atoms with Crippen LogP contribution in [-0.2, 0) is 56.1 Å². The van der Waals surface area contributed by atoms with Crippen LogP contribution in [0.3, 0.4) is 0 Å². The van der Waals surface area contributed by atoms with E-state index in [1.54, 1.807) is 41.5 Å². The minimum atomic E-state index is -1.51. The molecule has 0 spiro atoms. The second-order valence-electron chi connectivity index (χ2n) is 15.8. The Kier molecular flexibility index (Phi) is 19.0. The molecule has 2 aromatic rings. The van der Waals surface area contributed by atoms with Crippen molar-refractivity contribution in [2.75, 3.05) is 13.1 Å². The Labute approximate surface area is 334 Å². The van der Waals surface area contributed by atoms with Gasteiger partial charge in [-0.05, 0) is 85.8 Å². The van der Waals surface area contributed by atoms with Crippen molar-refractivity contribution in [1.82, 2.24) is 26.6 Å². The van der Waals surface area contributed by atoms with E-state index in [2.05, 4.69) is 26.6 Å².